The van der Waals surface area contributed by atoms with Crippen LogP contribution in [-0.2, 0) is 9.53 Å². The number of carbonyl (C=O) groups is 1. The van der Waals surface area contributed by atoms with Crippen LogP contribution in [0.3, 0.4) is 0 Å². The average molecular weight is 243 g/mol. The van der Waals surface area contributed by atoms with Gasteiger partial charge in [0.15, 0.2) is 0 Å². The third-order valence-electron chi connectivity index (χ3n) is 2.34. The second-order valence-electron chi connectivity index (χ2n) is 3.88. The first-order chi connectivity index (χ1) is 8.27. The first-order valence-electron chi connectivity index (χ1n) is 6.07. The number of nitrogens with zero attached hydrogens (tertiary/aromatic N) is 3. The van der Waals surface area contributed by atoms with Crippen molar-refractivity contribution in [2.45, 2.75) is 44.9 Å². The van der Waals surface area contributed by atoms with Gasteiger partial charge in [-0.05, 0) is 18.4 Å². The number of unbranched alkanes of at least 4 members (excludes halogenated alkanes) is 6. The van der Waals surface area contributed by atoms with E-state index in [1.807, 2.05) is 0 Å². The lowest BCUT2D eigenvalue weighted by Gasteiger charge is -2.02. The van der Waals surface area contributed by atoms with Gasteiger partial charge < -0.3 is 9.84 Å². The smallest absolute Gasteiger partial charge is 0.329 e. The van der Waals surface area contributed by atoms with Gasteiger partial charge in [-0.1, -0.05) is 37.2 Å². The first kappa shape index (κ1) is 15.7. The number of azide groups is 1. The molecule has 0 aliphatic heterocycles. The molecule has 0 saturated heterocycles. The Balaban J connectivity index is 2.98. The molecule has 0 unspecified atom stereocenters. The van der Waals surface area contributed by atoms with Crippen LogP contribution in [0.15, 0.2) is 5.11 Å². The Morgan fingerprint density at radius 2 is 1.71 bits per heavy atom. The van der Waals surface area contributed by atoms with Gasteiger partial charge in [0.2, 0.25) is 0 Å². The van der Waals surface area contributed by atoms with Crippen LogP contribution in [-0.4, -0.2) is 30.8 Å². The molecule has 0 saturated carbocycles. The lowest BCUT2D eigenvalue weighted by molar-refractivity contribution is -0.142. The largest absolute Gasteiger partial charge is 0.480 e. The first-order valence-corrected chi connectivity index (χ1v) is 6.07. The van der Waals surface area contributed by atoms with Gasteiger partial charge in [0, 0.05) is 18.1 Å². The molecule has 0 aliphatic rings. The number of hydrogen-bond donors (Lipinski definition) is 1. The highest BCUT2D eigenvalue weighted by Crippen LogP contribution is 2.07. The summed E-state index contributed by atoms with van der Waals surface area (Å²) in [6, 6.07) is 0. The number of rotatable bonds is 12. The van der Waals surface area contributed by atoms with E-state index in [9.17, 15) is 4.79 Å². The zero-order valence-electron chi connectivity index (χ0n) is 10.2. The van der Waals surface area contributed by atoms with Crippen LogP contribution in [0.5, 0.6) is 0 Å². The van der Waals surface area contributed by atoms with Crippen molar-refractivity contribution in [2.24, 2.45) is 5.11 Å². The Hall–Kier alpha value is -1.26. The van der Waals surface area contributed by atoms with Gasteiger partial charge in [0.05, 0.1) is 0 Å². The summed E-state index contributed by atoms with van der Waals surface area (Å²) in [6.45, 7) is 0.933. The summed E-state index contributed by atoms with van der Waals surface area (Å²) in [5, 5.41) is 11.8. The Morgan fingerprint density at radius 1 is 1.12 bits per heavy atom. The molecule has 0 rings (SSSR count). The monoisotopic (exact) mass is 243 g/mol. The van der Waals surface area contributed by atoms with Gasteiger partial charge in [-0.15, -0.1) is 0 Å². The average Bonchev–Trinajstić information content (AvgIpc) is 2.30. The summed E-state index contributed by atoms with van der Waals surface area (Å²) in [6.07, 6.45) is 7.56. The van der Waals surface area contributed by atoms with Crippen LogP contribution < -0.4 is 0 Å². The predicted octanol–water partition coefficient (Wildman–Crippen LogP) is 3.13. The van der Waals surface area contributed by atoms with Gasteiger partial charge >= 0.3 is 5.97 Å². The van der Waals surface area contributed by atoms with E-state index in [-0.39, 0.29) is 6.61 Å². The summed E-state index contributed by atoms with van der Waals surface area (Å²) in [7, 11) is 0. The number of carboxylic acid groups (broad SMARTS) is 1. The van der Waals surface area contributed by atoms with Crippen molar-refractivity contribution in [1.82, 2.24) is 0 Å². The maximum atomic E-state index is 10.1. The van der Waals surface area contributed by atoms with Crippen LogP contribution in [0.2, 0.25) is 0 Å². The summed E-state index contributed by atoms with van der Waals surface area (Å²) in [5.74, 6) is -0.912. The van der Waals surface area contributed by atoms with Crippen molar-refractivity contribution < 1.29 is 14.6 Å². The normalized spacial score (nSPS) is 9.88. The van der Waals surface area contributed by atoms with E-state index < -0.39 is 5.97 Å². The fourth-order valence-electron chi connectivity index (χ4n) is 1.47. The van der Waals surface area contributed by atoms with Crippen LogP contribution in [0.1, 0.15) is 44.9 Å². The molecule has 0 spiro atoms. The molecule has 0 aromatic rings. The zero-order valence-corrected chi connectivity index (χ0v) is 10.2. The van der Waals surface area contributed by atoms with E-state index in [4.69, 9.17) is 15.4 Å². The topological polar surface area (TPSA) is 95.3 Å². The highest BCUT2D eigenvalue weighted by atomic mass is 16.5. The second-order valence-corrected chi connectivity index (χ2v) is 3.88. The number of carboxylic acids is 1. The minimum Gasteiger partial charge on any atom is -0.480 e. The minimum atomic E-state index is -0.912. The molecule has 0 heterocycles. The van der Waals surface area contributed by atoms with Gasteiger partial charge in [0.25, 0.3) is 0 Å². The van der Waals surface area contributed by atoms with Crippen molar-refractivity contribution in [1.29, 1.82) is 0 Å². The molecule has 17 heavy (non-hydrogen) atoms. The molecule has 6 heteroatoms. The molecule has 1 N–H and O–H groups in total. The summed E-state index contributed by atoms with van der Waals surface area (Å²) >= 11 is 0. The molecule has 0 aromatic heterocycles. The third-order valence-corrected chi connectivity index (χ3v) is 2.34. The number of ether oxygens (including phenoxy) is 1. The van der Waals surface area contributed by atoms with Gasteiger partial charge in [-0.2, -0.15) is 0 Å². The van der Waals surface area contributed by atoms with Crippen molar-refractivity contribution in [3.05, 3.63) is 10.4 Å². The number of hydrogen-bond acceptors (Lipinski definition) is 3. The molecule has 0 amide bonds. The summed E-state index contributed by atoms with van der Waals surface area (Å²) in [5.41, 5.74) is 8.05. The fourth-order valence-corrected chi connectivity index (χ4v) is 1.47. The maximum Gasteiger partial charge on any atom is 0.329 e. The van der Waals surface area contributed by atoms with Gasteiger partial charge in [-0.25, -0.2) is 4.79 Å². The van der Waals surface area contributed by atoms with Gasteiger partial charge in [-0.3, -0.25) is 0 Å². The zero-order chi connectivity index (χ0) is 12.8. The molecule has 0 radical (unpaired) electrons. The van der Waals surface area contributed by atoms with Crippen LogP contribution in [0, 0.1) is 0 Å². The lowest BCUT2D eigenvalue weighted by Crippen LogP contribution is -2.07. The highest BCUT2D eigenvalue weighted by molar-refractivity contribution is 5.67. The van der Waals surface area contributed by atoms with Crippen LogP contribution >= 0.6 is 0 Å². The van der Waals surface area contributed by atoms with E-state index in [0.717, 1.165) is 38.5 Å². The fraction of sp³-hybridized carbons (Fsp3) is 0.909. The Kier molecular flexibility index (Phi) is 11.9. The Morgan fingerprint density at radius 3 is 2.29 bits per heavy atom. The predicted molar refractivity (Wildman–Crippen MR) is 64.8 cm³/mol. The molecule has 98 valence electrons. The standard InChI is InChI=1S/C11H21N3O3/c12-14-13-8-6-4-2-1-3-5-7-9-17-10-11(15)16/h1-10H2,(H,15,16). The van der Waals surface area contributed by atoms with Gasteiger partial charge in [0.1, 0.15) is 6.61 Å². The molecule has 0 aromatic carbocycles. The van der Waals surface area contributed by atoms with Crippen molar-refractivity contribution >= 4 is 5.97 Å². The van der Waals surface area contributed by atoms with Crippen molar-refractivity contribution in [3.8, 4) is 0 Å². The molecule has 0 atom stereocenters. The maximum absolute atomic E-state index is 10.1. The molecular weight excluding hydrogens is 222 g/mol. The van der Waals surface area contributed by atoms with Crippen molar-refractivity contribution in [2.75, 3.05) is 19.8 Å². The molecule has 0 aliphatic carbocycles. The summed E-state index contributed by atoms with van der Waals surface area (Å²) < 4.78 is 4.92. The quantitative estimate of drug-likeness (QED) is 0.247. The van der Waals surface area contributed by atoms with E-state index in [2.05, 4.69) is 10.0 Å². The van der Waals surface area contributed by atoms with E-state index in [0.29, 0.717) is 13.2 Å². The van der Waals surface area contributed by atoms with Crippen LogP contribution in [0.4, 0.5) is 0 Å². The SMILES string of the molecule is [N-]=[N+]=NCCCCCCCCCOCC(=O)O. The minimum absolute atomic E-state index is 0.195. The van der Waals surface area contributed by atoms with Crippen LogP contribution in [0.25, 0.3) is 10.4 Å². The number of aliphatic carboxylic acids is 1. The lowest BCUT2D eigenvalue weighted by atomic mass is 10.1. The van der Waals surface area contributed by atoms with Crippen molar-refractivity contribution in [3.63, 3.8) is 0 Å². The molecule has 6 nitrogen and oxygen atoms in total. The second kappa shape index (κ2) is 12.8. The Bertz CT molecular complexity index is 230. The van der Waals surface area contributed by atoms with E-state index >= 15 is 0 Å². The van der Waals surface area contributed by atoms with E-state index in [1.54, 1.807) is 0 Å². The molecule has 0 bridgehead atoms. The molecular formula is C11H21N3O3. The third kappa shape index (κ3) is 14.7. The Labute approximate surface area is 102 Å². The summed E-state index contributed by atoms with van der Waals surface area (Å²) in [4.78, 5) is 12.8. The highest BCUT2D eigenvalue weighted by Gasteiger charge is 1.96. The van der Waals surface area contributed by atoms with E-state index in [1.165, 1.54) is 6.42 Å². The molecule has 0 fully saturated rings.